The van der Waals surface area contributed by atoms with Crippen LogP contribution >= 0.6 is 55.1 Å². The first-order chi connectivity index (χ1) is 8.08. The van der Waals surface area contributed by atoms with Gasteiger partial charge in [0, 0.05) is 14.5 Å². The third kappa shape index (κ3) is 3.25. The molecule has 0 aliphatic rings. The highest BCUT2D eigenvalue weighted by Gasteiger charge is 2.13. The Morgan fingerprint density at radius 3 is 2.06 bits per heavy atom. The summed E-state index contributed by atoms with van der Waals surface area (Å²) in [5, 5.41) is 1.46. The Labute approximate surface area is 127 Å². The molecule has 4 heteroatoms. The van der Waals surface area contributed by atoms with Gasteiger partial charge in [-0.3, -0.25) is 0 Å². The largest absolute Gasteiger partial charge is 0.0843 e. The van der Waals surface area contributed by atoms with Crippen molar-refractivity contribution in [3.8, 4) is 0 Å². The number of halogens is 4. The Hall–Kier alpha value is -0.0200. The van der Waals surface area contributed by atoms with E-state index in [-0.39, 0.29) is 4.83 Å². The molecule has 0 heterocycles. The van der Waals surface area contributed by atoms with Crippen LogP contribution in [0, 0.1) is 0 Å². The van der Waals surface area contributed by atoms with Crippen LogP contribution < -0.4 is 0 Å². The molecule has 0 amide bonds. The van der Waals surface area contributed by atoms with Crippen LogP contribution in [0.4, 0.5) is 0 Å². The maximum atomic E-state index is 5.93. The predicted molar refractivity (Wildman–Crippen MR) is 81.4 cm³/mol. The van der Waals surface area contributed by atoms with E-state index >= 15 is 0 Å². The minimum atomic E-state index is 0.117. The summed E-state index contributed by atoms with van der Waals surface area (Å²) in [4.78, 5) is 0.117. The van der Waals surface area contributed by atoms with E-state index in [1.165, 1.54) is 0 Å². The molecule has 0 nitrogen and oxygen atoms in total. The topological polar surface area (TPSA) is 0 Å². The van der Waals surface area contributed by atoms with Crippen LogP contribution in [0.25, 0.3) is 0 Å². The van der Waals surface area contributed by atoms with Crippen molar-refractivity contribution in [1.29, 1.82) is 0 Å². The minimum Gasteiger partial charge on any atom is -0.0843 e. The standard InChI is InChI=1S/C13H8Br2Cl2/c14-12-7-10(17)5-6-11(12)13(15)8-1-3-9(16)4-2-8/h1-7,13H. The maximum Gasteiger partial charge on any atom is 0.0655 e. The molecule has 0 aliphatic carbocycles. The van der Waals surface area contributed by atoms with E-state index < -0.39 is 0 Å². The molecule has 0 aromatic heterocycles. The minimum absolute atomic E-state index is 0.117. The monoisotopic (exact) mass is 392 g/mol. The molecule has 2 rings (SSSR count). The number of rotatable bonds is 2. The van der Waals surface area contributed by atoms with E-state index in [1.807, 2.05) is 42.5 Å². The molecule has 0 radical (unpaired) electrons. The van der Waals surface area contributed by atoms with E-state index in [0.717, 1.165) is 25.6 Å². The smallest absolute Gasteiger partial charge is 0.0655 e. The third-order valence-electron chi connectivity index (χ3n) is 2.40. The Morgan fingerprint density at radius 2 is 1.47 bits per heavy atom. The number of benzene rings is 2. The second kappa shape index (κ2) is 5.75. The van der Waals surface area contributed by atoms with Gasteiger partial charge in [0.2, 0.25) is 0 Å². The highest BCUT2D eigenvalue weighted by atomic mass is 79.9. The van der Waals surface area contributed by atoms with Gasteiger partial charge >= 0.3 is 0 Å². The van der Waals surface area contributed by atoms with Crippen LogP contribution in [0.5, 0.6) is 0 Å². The van der Waals surface area contributed by atoms with Crippen LogP contribution in [0.1, 0.15) is 16.0 Å². The Morgan fingerprint density at radius 1 is 0.882 bits per heavy atom. The highest BCUT2D eigenvalue weighted by molar-refractivity contribution is 9.11. The lowest BCUT2D eigenvalue weighted by Crippen LogP contribution is -1.93. The van der Waals surface area contributed by atoms with E-state index in [0.29, 0.717) is 0 Å². The summed E-state index contributed by atoms with van der Waals surface area (Å²) in [5.41, 5.74) is 2.29. The van der Waals surface area contributed by atoms with Gasteiger partial charge in [-0.2, -0.15) is 0 Å². The normalized spacial score (nSPS) is 12.5. The molecular formula is C13H8Br2Cl2. The van der Waals surface area contributed by atoms with Crippen molar-refractivity contribution in [2.75, 3.05) is 0 Å². The summed E-state index contributed by atoms with van der Waals surface area (Å²) in [5.74, 6) is 0. The van der Waals surface area contributed by atoms with E-state index in [9.17, 15) is 0 Å². The first kappa shape index (κ1) is 13.4. The van der Waals surface area contributed by atoms with Crippen molar-refractivity contribution in [1.82, 2.24) is 0 Å². The van der Waals surface area contributed by atoms with Crippen molar-refractivity contribution >= 4 is 55.1 Å². The van der Waals surface area contributed by atoms with Crippen LogP contribution in [0.15, 0.2) is 46.9 Å². The number of hydrogen-bond acceptors (Lipinski definition) is 0. The van der Waals surface area contributed by atoms with Crippen LogP contribution in [-0.4, -0.2) is 0 Å². The fourth-order valence-electron chi connectivity index (χ4n) is 1.52. The summed E-state index contributed by atoms with van der Waals surface area (Å²) >= 11 is 19.0. The summed E-state index contributed by atoms with van der Waals surface area (Å²) in [7, 11) is 0. The highest BCUT2D eigenvalue weighted by Crippen LogP contribution is 2.36. The average molecular weight is 395 g/mol. The van der Waals surface area contributed by atoms with Crippen LogP contribution in [-0.2, 0) is 0 Å². The van der Waals surface area contributed by atoms with Gasteiger partial charge in [0.15, 0.2) is 0 Å². The molecule has 0 saturated heterocycles. The summed E-state index contributed by atoms with van der Waals surface area (Å²) in [6.07, 6.45) is 0. The van der Waals surface area contributed by atoms with Gasteiger partial charge in [-0.15, -0.1) is 0 Å². The first-order valence-electron chi connectivity index (χ1n) is 4.92. The van der Waals surface area contributed by atoms with E-state index in [2.05, 4.69) is 31.9 Å². The van der Waals surface area contributed by atoms with Gasteiger partial charge in [0.25, 0.3) is 0 Å². The fourth-order valence-corrected chi connectivity index (χ4v) is 3.57. The molecule has 0 N–H and O–H groups in total. The zero-order valence-corrected chi connectivity index (χ0v) is 13.3. The van der Waals surface area contributed by atoms with Crippen molar-refractivity contribution in [2.45, 2.75) is 4.83 Å². The summed E-state index contributed by atoms with van der Waals surface area (Å²) in [6.45, 7) is 0. The summed E-state index contributed by atoms with van der Waals surface area (Å²) in [6, 6.07) is 13.5. The van der Waals surface area contributed by atoms with Gasteiger partial charge in [-0.05, 0) is 35.4 Å². The lowest BCUT2D eigenvalue weighted by Gasteiger charge is -2.13. The third-order valence-corrected chi connectivity index (χ3v) is 4.59. The predicted octanol–water partition coefficient (Wildman–Crippen LogP) is 6.24. The van der Waals surface area contributed by atoms with Gasteiger partial charge in [0.1, 0.15) is 0 Å². The Kier molecular flexibility index (Phi) is 4.53. The van der Waals surface area contributed by atoms with E-state index in [4.69, 9.17) is 23.2 Å². The molecule has 17 heavy (non-hydrogen) atoms. The zero-order chi connectivity index (χ0) is 12.4. The molecule has 2 aromatic carbocycles. The molecule has 1 unspecified atom stereocenters. The zero-order valence-electron chi connectivity index (χ0n) is 8.63. The SMILES string of the molecule is Clc1ccc(C(Br)c2ccc(Cl)cc2Br)cc1. The van der Waals surface area contributed by atoms with Crippen molar-refractivity contribution in [3.05, 3.63) is 68.1 Å². The maximum absolute atomic E-state index is 5.93. The lowest BCUT2D eigenvalue weighted by atomic mass is 10.1. The molecule has 0 spiro atoms. The Balaban J connectivity index is 2.36. The molecule has 1 atom stereocenters. The molecule has 0 saturated carbocycles. The molecular weight excluding hydrogens is 387 g/mol. The molecule has 0 aliphatic heterocycles. The van der Waals surface area contributed by atoms with Crippen molar-refractivity contribution in [3.63, 3.8) is 0 Å². The van der Waals surface area contributed by atoms with Crippen molar-refractivity contribution in [2.24, 2.45) is 0 Å². The van der Waals surface area contributed by atoms with Crippen molar-refractivity contribution < 1.29 is 0 Å². The quantitative estimate of drug-likeness (QED) is 0.529. The second-order valence-electron chi connectivity index (χ2n) is 3.58. The number of hydrogen-bond donors (Lipinski definition) is 0. The van der Waals surface area contributed by atoms with E-state index in [1.54, 1.807) is 0 Å². The lowest BCUT2D eigenvalue weighted by molar-refractivity contribution is 1.16. The van der Waals surface area contributed by atoms with Gasteiger partial charge in [-0.25, -0.2) is 0 Å². The molecule has 2 aromatic rings. The molecule has 0 fully saturated rings. The fraction of sp³-hybridized carbons (Fsp3) is 0.0769. The second-order valence-corrected chi connectivity index (χ2v) is 6.22. The Bertz CT molecular complexity index is 523. The average Bonchev–Trinajstić information content (AvgIpc) is 2.29. The van der Waals surface area contributed by atoms with Crippen LogP contribution in [0.2, 0.25) is 10.0 Å². The van der Waals surface area contributed by atoms with Gasteiger partial charge in [0.05, 0.1) is 4.83 Å². The van der Waals surface area contributed by atoms with Gasteiger partial charge < -0.3 is 0 Å². The molecule has 88 valence electrons. The number of alkyl halides is 1. The summed E-state index contributed by atoms with van der Waals surface area (Å²) < 4.78 is 0.988. The van der Waals surface area contributed by atoms with Crippen LogP contribution in [0.3, 0.4) is 0 Å². The first-order valence-corrected chi connectivity index (χ1v) is 7.39. The van der Waals surface area contributed by atoms with Gasteiger partial charge in [-0.1, -0.05) is 73.3 Å². The molecule has 0 bridgehead atoms.